The summed E-state index contributed by atoms with van der Waals surface area (Å²) in [7, 11) is 0. The highest BCUT2D eigenvalue weighted by Gasteiger charge is 2.41. The number of rotatable bonds is 6. The van der Waals surface area contributed by atoms with E-state index in [9.17, 15) is 0 Å². The van der Waals surface area contributed by atoms with Gasteiger partial charge in [0.25, 0.3) is 0 Å². The first-order valence-corrected chi connectivity index (χ1v) is 8.81. The van der Waals surface area contributed by atoms with Crippen molar-refractivity contribution >= 4 is 0 Å². The van der Waals surface area contributed by atoms with Crippen molar-refractivity contribution in [2.45, 2.75) is 76.5 Å². The van der Waals surface area contributed by atoms with Gasteiger partial charge in [-0.25, -0.2) is 0 Å². The predicted molar refractivity (Wildman–Crippen MR) is 83.0 cm³/mol. The lowest BCUT2D eigenvalue weighted by Crippen LogP contribution is -2.63. The van der Waals surface area contributed by atoms with Crippen molar-refractivity contribution in [1.82, 2.24) is 10.2 Å². The number of piperazine rings is 1. The normalized spacial score (nSPS) is 39.3. The van der Waals surface area contributed by atoms with E-state index in [-0.39, 0.29) is 0 Å². The molecule has 2 aliphatic heterocycles. The van der Waals surface area contributed by atoms with E-state index in [1.165, 1.54) is 64.6 Å². The lowest BCUT2D eigenvalue weighted by Gasteiger charge is -2.46. The Balaban J connectivity index is 1.49. The van der Waals surface area contributed by atoms with Gasteiger partial charge in [0.1, 0.15) is 0 Å². The van der Waals surface area contributed by atoms with E-state index in [0.717, 1.165) is 18.6 Å². The lowest BCUT2D eigenvalue weighted by atomic mass is 9.92. The molecule has 2 saturated heterocycles. The minimum Gasteiger partial charge on any atom is -0.378 e. The standard InChI is InChI=1S/C17H32N2O/c1-3-17(2)13-19(16(12-18-17)14-8-9-14)10-4-6-15-7-5-11-20-15/h14-16,18H,3-13H2,1-2H3. The number of ether oxygens (including phenoxy) is 1. The molecule has 1 aliphatic carbocycles. The fourth-order valence-electron chi connectivity index (χ4n) is 3.92. The van der Waals surface area contributed by atoms with E-state index < -0.39 is 0 Å². The highest BCUT2D eigenvalue weighted by molar-refractivity contribution is 4.99. The van der Waals surface area contributed by atoms with Crippen LogP contribution in [0.5, 0.6) is 0 Å². The molecule has 3 nitrogen and oxygen atoms in total. The van der Waals surface area contributed by atoms with Crippen LogP contribution in [0.1, 0.15) is 58.8 Å². The van der Waals surface area contributed by atoms with E-state index in [0.29, 0.717) is 11.6 Å². The fourth-order valence-corrected chi connectivity index (χ4v) is 3.92. The van der Waals surface area contributed by atoms with Gasteiger partial charge in [-0.05, 0) is 64.3 Å². The SMILES string of the molecule is CCC1(C)CN(CCCC2CCCO2)C(C2CC2)CN1. The molecule has 3 fully saturated rings. The summed E-state index contributed by atoms with van der Waals surface area (Å²) < 4.78 is 5.76. The molecule has 0 aromatic carbocycles. The third-order valence-corrected chi connectivity index (χ3v) is 5.70. The van der Waals surface area contributed by atoms with Gasteiger partial charge in [0.15, 0.2) is 0 Å². The molecule has 0 radical (unpaired) electrons. The number of hydrogen-bond donors (Lipinski definition) is 1. The van der Waals surface area contributed by atoms with Crippen LogP contribution in [0.25, 0.3) is 0 Å². The van der Waals surface area contributed by atoms with Crippen molar-refractivity contribution < 1.29 is 4.74 Å². The molecule has 3 aliphatic rings. The van der Waals surface area contributed by atoms with Crippen LogP contribution >= 0.6 is 0 Å². The Hall–Kier alpha value is -0.120. The largest absolute Gasteiger partial charge is 0.378 e. The lowest BCUT2D eigenvalue weighted by molar-refractivity contribution is 0.0608. The summed E-state index contributed by atoms with van der Waals surface area (Å²) in [4.78, 5) is 2.80. The molecule has 3 atom stereocenters. The van der Waals surface area contributed by atoms with Gasteiger partial charge < -0.3 is 10.1 Å². The monoisotopic (exact) mass is 280 g/mol. The summed E-state index contributed by atoms with van der Waals surface area (Å²) in [5.74, 6) is 0.978. The minimum absolute atomic E-state index is 0.329. The van der Waals surface area contributed by atoms with Crippen LogP contribution in [-0.4, -0.2) is 48.8 Å². The van der Waals surface area contributed by atoms with Crippen LogP contribution in [0.2, 0.25) is 0 Å². The van der Waals surface area contributed by atoms with Gasteiger partial charge in [0.05, 0.1) is 6.10 Å². The van der Waals surface area contributed by atoms with Gasteiger partial charge in [0, 0.05) is 31.3 Å². The van der Waals surface area contributed by atoms with Crippen molar-refractivity contribution in [3.63, 3.8) is 0 Å². The van der Waals surface area contributed by atoms with E-state index >= 15 is 0 Å². The maximum atomic E-state index is 5.76. The van der Waals surface area contributed by atoms with Crippen molar-refractivity contribution in [1.29, 1.82) is 0 Å². The Bertz CT molecular complexity index is 312. The molecule has 1 N–H and O–H groups in total. The average Bonchev–Trinajstić information content (AvgIpc) is 3.16. The zero-order valence-electron chi connectivity index (χ0n) is 13.4. The molecule has 116 valence electrons. The summed E-state index contributed by atoms with van der Waals surface area (Å²) in [6.45, 7) is 9.42. The Morgan fingerprint density at radius 3 is 2.80 bits per heavy atom. The first kappa shape index (κ1) is 14.8. The van der Waals surface area contributed by atoms with Gasteiger partial charge in [-0.15, -0.1) is 0 Å². The predicted octanol–water partition coefficient (Wildman–Crippen LogP) is 2.80. The van der Waals surface area contributed by atoms with Crippen LogP contribution in [0.3, 0.4) is 0 Å². The highest BCUT2D eigenvalue weighted by atomic mass is 16.5. The quantitative estimate of drug-likeness (QED) is 0.810. The Labute approximate surface area is 124 Å². The van der Waals surface area contributed by atoms with Crippen molar-refractivity contribution in [2.24, 2.45) is 5.92 Å². The molecule has 0 spiro atoms. The van der Waals surface area contributed by atoms with E-state index in [1.807, 2.05) is 0 Å². The molecule has 0 bridgehead atoms. The zero-order valence-corrected chi connectivity index (χ0v) is 13.4. The second kappa shape index (κ2) is 6.33. The topological polar surface area (TPSA) is 24.5 Å². The van der Waals surface area contributed by atoms with Crippen molar-refractivity contribution in [3.05, 3.63) is 0 Å². The second-order valence-corrected chi connectivity index (χ2v) is 7.45. The molecule has 3 rings (SSSR count). The summed E-state index contributed by atoms with van der Waals surface area (Å²) in [5.41, 5.74) is 0.329. The van der Waals surface area contributed by atoms with Gasteiger partial charge in [-0.2, -0.15) is 0 Å². The zero-order chi connectivity index (χ0) is 14.0. The third kappa shape index (κ3) is 3.55. The van der Waals surface area contributed by atoms with Crippen LogP contribution in [-0.2, 0) is 4.74 Å². The van der Waals surface area contributed by atoms with Gasteiger partial charge in [-0.3, -0.25) is 4.90 Å². The Kier molecular flexibility index (Phi) is 4.68. The molecule has 3 heteroatoms. The average molecular weight is 280 g/mol. The van der Waals surface area contributed by atoms with E-state index in [4.69, 9.17) is 4.74 Å². The second-order valence-electron chi connectivity index (χ2n) is 7.45. The van der Waals surface area contributed by atoms with E-state index in [1.54, 1.807) is 0 Å². The maximum Gasteiger partial charge on any atom is 0.0576 e. The molecule has 0 aromatic rings. The fraction of sp³-hybridized carbons (Fsp3) is 1.00. The first-order chi connectivity index (χ1) is 9.70. The molecule has 0 aromatic heterocycles. The maximum absolute atomic E-state index is 5.76. The van der Waals surface area contributed by atoms with Crippen LogP contribution in [0.4, 0.5) is 0 Å². The van der Waals surface area contributed by atoms with Crippen molar-refractivity contribution in [3.8, 4) is 0 Å². The smallest absolute Gasteiger partial charge is 0.0576 e. The molecular weight excluding hydrogens is 248 g/mol. The first-order valence-electron chi connectivity index (χ1n) is 8.81. The van der Waals surface area contributed by atoms with Gasteiger partial charge in [-0.1, -0.05) is 6.92 Å². The number of nitrogens with zero attached hydrogens (tertiary/aromatic N) is 1. The molecule has 1 saturated carbocycles. The third-order valence-electron chi connectivity index (χ3n) is 5.70. The van der Waals surface area contributed by atoms with Crippen LogP contribution in [0, 0.1) is 5.92 Å². The summed E-state index contributed by atoms with van der Waals surface area (Å²) in [5, 5.41) is 3.81. The Morgan fingerprint density at radius 1 is 1.30 bits per heavy atom. The van der Waals surface area contributed by atoms with E-state index in [2.05, 4.69) is 24.1 Å². The van der Waals surface area contributed by atoms with Gasteiger partial charge in [0.2, 0.25) is 0 Å². The Morgan fingerprint density at radius 2 is 2.15 bits per heavy atom. The molecular formula is C17H32N2O. The van der Waals surface area contributed by atoms with Crippen molar-refractivity contribution in [2.75, 3.05) is 26.2 Å². The molecule has 2 heterocycles. The van der Waals surface area contributed by atoms with Crippen LogP contribution in [0.15, 0.2) is 0 Å². The molecule has 20 heavy (non-hydrogen) atoms. The molecule has 0 amide bonds. The summed E-state index contributed by atoms with van der Waals surface area (Å²) in [6, 6.07) is 0.805. The summed E-state index contributed by atoms with van der Waals surface area (Å²) in [6.07, 6.45) is 9.85. The molecule has 3 unspecified atom stereocenters. The highest BCUT2D eigenvalue weighted by Crippen LogP contribution is 2.37. The van der Waals surface area contributed by atoms with Crippen LogP contribution < -0.4 is 5.32 Å². The minimum atomic E-state index is 0.329. The van der Waals surface area contributed by atoms with Gasteiger partial charge >= 0.3 is 0 Å². The number of hydrogen-bond acceptors (Lipinski definition) is 3. The number of nitrogens with one attached hydrogen (secondary N) is 1. The summed E-state index contributed by atoms with van der Waals surface area (Å²) >= 11 is 0.